The molecule has 1 aliphatic rings. The number of benzene rings is 2. The van der Waals surface area contributed by atoms with Gasteiger partial charge < -0.3 is 5.32 Å². The molecule has 1 N–H and O–H groups in total. The topological polar surface area (TPSA) is 49.4 Å². The van der Waals surface area contributed by atoms with E-state index in [4.69, 9.17) is 23.2 Å². The van der Waals surface area contributed by atoms with E-state index in [9.17, 15) is 9.59 Å². The standard InChI is InChI=1S/C18H16Cl2N2O2/c1-10-3-5-13(7-11(10)2)21-15-9-17(23)22(18(15)24)16-6-4-12(19)8-14(16)20/h3-8,15,21H,9H2,1-2H3/t15-/m0/s1. The minimum Gasteiger partial charge on any atom is -0.373 e. The van der Waals surface area contributed by atoms with Crippen molar-refractivity contribution in [3.05, 3.63) is 57.6 Å². The third kappa shape index (κ3) is 3.12. The van der Waals surface area contributed by atoms with E-state index in [2.05, 4.69) is 5.32 Å². The summed E-state index contributed by atoms with van der Waals surface area (Å²) in [5.74, 6) is -0.604. The van der Waals surface area contributed by atoms with Crippen LogP contribution in [-0.2, 0) is 9.59 Å². The smallest absolute Gasteiger partial charge is 0.256 e. The van der Waals surface area contributed by atoms with Crippen molar-refractivity contribution < 1.29 is 9.59 Å². The second kappa shape index (κ2) is 6.46. The van der Waals surface area contributed by atoms with E-state index in [-0.39, 0.29) is 23.3 Å². The molecule has 24 heavy (non-hydrogen) atoms. The first-order valence-electron chi connectivity index (χ1n) is 7.52. The number of nitrogens with one attached hydrogen (secondary N) is 1. The van der Waals surface area contributed by atoms with Gasteiger partial charge in [-0.2, -0.15) is 0 Å². The van der Waals surface area contributed by atoms with Crippen LogP contribution in [0.15, 0.2) is 36.4 Å². The molecule has 0 radical (unpaired) electrons. The number of carbonyl (C=O) groups excluding carboxylic acids is 2. The zero-order valence-electron chi connectivity index (χ0n) is 13.3. The molecule has 4 nitrogen and oxygen atoms in total. The minimum atomic E-state index is -0.605. The first-order valence-corrected chi connectivity index (χ1v) is 8.28. The number of rotatable bonds is 3. The normalized spacial score (nSPS) is 17.5. The highest BCUT2D eigenvalue weighted by atomic mass is 35.5. The van der Waals surface area contributed by atoms with E-state index in [0.717, 1.165) is 16.2 Å². The maximum absolute atomic E-state index is 12.7. The van der Waals surface area contributed by atoms with Gasteiger partial charge in [0.05, 0.1) is 17.1 Å². The van der Waals surface area contributed by atoms with Crippen LogP contribution in [0, 0.1) is 13.8 Å². The number of imide groups is 1. The van der Waals surface area contributed by atoms with Crippen LogP contribution in [0.5, 0.6) is 0 Å². The summed E-state index contributed by atoms with van der Waals surface area (Å²) in [6.45, 7) is 4.02. The molecule has 6 heteroatoms. The number of hydrogen-bond donors (Lipinski definition) is 1. The van der Waals surface area contributed by atoms with Gasteiger partial charge in [0, 0.05) is 10.7 Å². The zero-order valence-corrected chi connectivity index (χ0v) is 14.8. The van der Waals surface area contributed by atoms with Crippen molar-refractivity contribution in [2.75, 3.05) is 10.2 Å². The summed E-state index contributed by atoms with van der Waals surface area (Å²) in [6, 6.07) is 9.94. The second-order valence-electron chi connectivity index (χ2n) is 5.86. The summed E-state index contributed by atoms with van der Waals surface area (Å²) in [4.78, 5) is 26.1. The van der Waals surface area contributed by atoms with Gasteiger partial charge in [-0.05, 0) is 55.3 Å². The van der Waals surface area contributed by atoms with E-state index in [1.807, 2.05) is 32.0 Å². The van der Waals surface area contributed by atoms with Crippen molar-refractivity contribution in [1.82, 2.24) is 0 Å². The second-order valence-corrected chi connectivity index (χ2v) is 6.71. The molecule has 0 aliphatic carbocycles. The molecule has 1 fully saturated rings. The summed E-state index contributed by atoms with van der Waals surface area (Å²) in [5.41, 5.74) is 3.46. The largest absolute Gasteiger partial charge is 0.373 e. The number of hydrogen-bond acceptors (Lipinski definition) is 3. The number of anilines is 2. The Balaban J connectivity index is 1.84. The Bertz CT molecular complexity index is 836. The Morgan fingerprint density at radius 2 is 1.79 bits per heavy atom. The predicted molar refractivity (Wildman–Crippen MR) is 96.9 cm³/mol. The summed E-state index contributed by atoms with van der Waals surface area (Å²) in [5, 5.41) is 3.86. The van der Waals surface area contributed by atoms with Gasteiger partial charge in [-0.1, -0.05) is 29.3 Å². The van der Waals surface area contributed by atoms with Crippen LogP contribution in [0.2, 0.25) is 10.0 Å². The highest BCUT2D eigenvalue weighted by molar-refractivity contribution is 6.38. The molecule has 2 aromatic rings. The van der Waals surface area contributed by atoms with Gasteiger partial charge in [-0.3, -0.25) is 9.59 Å². The number of aryl methyl sites for hydroxylation is 2. The third-order valence-electron chi connectivity index (χ3n) is 4.15. The summed E-state index contributed by atoms with van der Waals surface area (Å²) < 4.78 is 0. The van der Waals surface area contributed by atoms with Gasteiger partial charge in [0.25, 0.3) is 5.91 Å². The van der Waals surface area contributed by atoms with E-state index in [1.54, 1.807) is 12.1 Å². The van der Waals surface area contributed by atoms with Crippen LogP contribution in [0.4, 0.5) is 11.4 Å². The fraction of sp³-hybridized carbons (Fsp3) is 0.222. The predicted octanol–water partition coefficient (Wildman–Crippen LogP) is 4.35. The molecule has 1 aliphatic heterocycles. The van der Waals surface area contributed by atoms with Gasteiger partial charge in [0.15, 0.2) is 0 Å². The van der Waals surface area contributed by atoms with Crippen molar-refractivity contribution in [2.24, 2.45) is 0 Å². The van der Waals surface area contributed by atoms with Gasteiger partial charge in [0.2, 0.25) is 5.91 Å². The minimum absolute atomic E-state index is 0.0880. The maximum atomic E-state index is 12.7. The highest BCUT2D eigenvalue weighted by Crippen LogP contribution is 2.33. The van der Waals surface area contributed by atoms with Crippen molar-refractivity contribution in [3.63, 3.8) is 0 Å². The first kappa shape index (κ1) is 16.8. The molecule has 0 spiro atoms. The SMILES string of the molecule is Cc1ccc(N[C@H]2CC(=O)N(c3ccc(Cl)cc3Cl)C2=O)cc1C. The molecule has 3 rings (SSSR count). The van der Waals surface area contributed by atoms with Crippen LogP contribution in [0.25, 0.3) is 0 Å². The molecule has 124 valence electrons. The lowest BCUT2D eigenvalue weighted by Crippen LogP contribution is -2.35. The number of halogens is 2. The molecule has 1 heterocycles. The van der Waals surface area contributed by atoms with Crippen LogP contribution in [0.3, 0.4) is 0 Å². The fourth-order valence-electron chi connectivity index (χ4n) is 2.69. The van der Waals surface area contributed by atoms with Gasteiger partial charge >= 0.3 is 0 Å². The lowest BCUT2D eigenvalue weighted by Gasteiger charge is -2.17. The van der Waals surface area contributed by atoms with Crippen LogP contribution < -0.4 is 10.2 Å². The lowest BCUT2D eigenvalue weighted by atomic mass is 10.1. The summed E-state index contributed by atoms with van der Waals surface area (Å²) in [6.07, 6.45) is 0.0880. The zero-order chi connectivity index (χ0) is 17.4. The monoisotopic (exact) mass is 362 g/mol. The molecular formula is C18H16Cl2N2O2. The number of amides is 2. The average Bonchev–Trinajstić information content (AvgIpc) is 2.78. The van der Waals surface area contributed by atoms with Gasteiger partial charge in [-0.25, -0.2) is 4.90 Å². The quantitative estimate of drug-likeness (QED) is 0.825. The summed E-state index contributed by atoms with van der Waals surface area (Å²) in [7, 11) is 0. The van der Waals surface area contributed by atoms with Crippen LogP contribution >= 0.6 is 23.2 Å². The van der Waals surface area contributed by atoms with E-state index in [1.165, 1.54) is 11.6 Å². The van der Waals surface area contributed by atoms with Gasteiger partial charge in [-0.15, -0.1) is 0 Å². The molecule has 2 amide bonds. The average molecular weight is 363 g/mol. The van der Waals surface area contributed by atoms with Crippen molar-refractivity contribution in [2.45, 2.75) is 26.3 Å². The molecule has 0 saturated carbocycles. The Morgan fingerprint density at radius 3 is 2.46 bits per heavy atom. The van der Waals surface area contributed by atoms with Crippen LogP contribution in [-0.4, -0.2) is 17.9 Å². The Kier molecular flexibility index (Phi) is 4.52. The van der Waals surface area contributed by atoms with E-state index >= 15 is 0 Å². The lowest BCUT2D eigenvalue weighted by molar-refractivity contribution is -0.121. The molecule has 1 atom stereocenters. The summed E-state index contributed by atoms with van der Waals surface area (Å²) >= 11 is 12.0. The van der Waals surface area contributed by atoms with Crippen molar-refractivity contribution >= 4 is 46.4 Å². The Morgan fingerprint density at radius 1 is 1.04 bits per heavy atom. The third-order valence-corrected chi connectivity index (χ3v) is 4.68. The fourth-order valence-corrected chi connectivity index (χ4v) is 3.19. The highest BCUT2D eigenvalue weighted by Gasteiger charge is 2.40. The maximum Gasteiger partial charge on any atom is 0.256 e. The molecule has 0 unspecified atom stereocenters. The van der Waals surface area contributed by atoms with E-state index < -0.39 is 6.04 Å². The Hall–Kier alpha value is -2.04. The van der Waals surface area contributed by atoms with Gasteiger partial charge in [0.1, 0.15) is 6.04 Å². The van der Waals surface area contributed by atoms with Crippen LogP contribution in [0.1, 0.15) is 17.5 Å². The van der Waals surface area contributed by atoms with Crippen molar-refractivity contribution in [1.29, 1.82) is 0 Å². The molecule has 0 bridgehead atoms. The van der Waals surface area contributed by atoms with Crippen molar-refractivity contribution in [3.8, 4) is 0 Å². The molecule has 0 aromatic heterocycles. The number of carbonyl (C=O) groups is 2. The number of nitrogens with zero attached hydrogens (tertiary/aromatic N) is 1. The Labute approximate surface area is 150 Å². The first-order chi connectivity index (χ1) is 11.4. The molecular weight excluding hydrogens is 347 g/mol. The molecule has 2 aromatic carbocycles. The van der Waals surface area contributed by atoms with E-state index in [0.29, 0.717) is 10.7 Å². The molecule has 1 saturated heterocycles.